The standard InChI is InChI=1S/C14H18N2O3/c1-9-2-3-12(15)11(6-9)14(19)16-5-4-10(8-16)7-13(17)18/h2-3,6,10H,4-5,7-8,15H2,1H3,(H,17,18). The highest BCUT2D eigenvalue weighted by Crippen LogP contribution is 2.23. The summed E-state index contributed by atoms with van der Waals surface area (Å²) in [5, 5.41) is 8.77. The second kappa shape index (κ2) is 5.30. The number of amides is 1. The number of aryl methyl sites for hydroxylation is 1. The van der Waals surface area contributed by atoms with Gasteiger partial charge in [-0.2, -0.15) is 0 Å². The van der Waals surface area contributed by atoms with E-state index in [1.165, 1.54) is 0 Å². The van der Waals surface area contributed by atoms with E-state index in [0.717, 1.165) is 12.0 Å². The molecule has 0 bridgehead atoms. The van der Waals surface area contributed by atoms with E-state index in [-0.39, 0.29) is 18.2 Å². The fourth-order valence-corrected chi connectivity index (χ4v) is 2.46. The number of hydrogen-bond acceptors (Lipinski definition) is 3. The predicted molar refractivity (Wildman–Crippen MR) is 71.9 cm³/mol. The number of nitrogens with two attached hydrogens (primary N) is 1. The van der Waals surface area contributed by atoms with Gasteiger partial charge in [-0.15, -0.1) is 0 Å². The monoisotopic (exact) mass is 262 g/mol. The molecule has 19 heavy (non-hydrogen) atoms. The minimum absolute atomic E-state index is 0.0486. The molecule has 1 atom stereocenters. The van der Waals surface area contributed by atoms with Crippen LogP contribution in [0.2, 0.25) is 0 Å². The normalized spacial score (nSPS) is 18.6. The Bertz CT molecular complexity index is 513. The number of likely N-dealkylation sites (tertiary alicyclic amines) is 1. The molecule has 1 saturated heterocycles. The molecule has 1 aromatic carbocycles. The molecule has 0 saturated carbocycles. The Morgan fingerprint density at radius 3 is 2.89 bits per heavy atom. The highest BCUT2D eigenvalue weighted by molar-refractivity contribution is 5.99. The number of carbonyl (C=O) groups is 2. The smallest absolute Gasteiger partial charge is 0.303 e. The number of benzene rings is 1. The van der Waals surface area contributed by atoms with E-state index < -0.39 is 5.97 Å². The summed E-state index contributed by atoms with van der Waals surface area (Å²) < 4.78 is 0. The maximum atomic E-state index is 12.3. The van der Waals surface area contributed by atoms with Crippen LogP contribution in [0.1, 0.15) is 28.8 Å². The average Bonchev–Trinajstić information content (AvgIpc) is 2.79. The third-order valence-corrected chi connectivity index (χ3v) is 3.48. The first-order valence-corrected chi connectivity index (χ1v) is 6.34. The van der Waals surface area contributed by atoms with Crippen LogP contribution in [0.25, 0.3) is 0 Å². The van der Waals surface area contributed by atoms with Crippen molar-refractivity contribution in [1.29, 1.82) is 0 Å². The molecular weight excluding hydrogens is 244 g/mol. The number of nitrogen functional groups attached to an aromatic ring is 1. The highest BCUT2D eigenvalue weighted by Gasteiger charge is 2.29. The van der Waals surface area contributed by atoms with E-state index in [1.54, 1.807) is 17.0 Å². The summed E-state index contributed by atoms with van der Waals surface area (Å²) in [6, 6.07) is 5.37. The number of anilines is 1. The molecule has 1 aliphatic heterocycles. The van der Waals surface area contributed by atoms with Gasteiger partial charge in [0.25, 0.3) is 5.91 Å². The molecular formula is C14H18N2O3. The molecule has 1 fully saturated rings. The molecule has 0 aliphatic carbocycles. The predicted octanol–water partition coefficient (Wildman–Crippen LogP) is 1.51. The first-order valence-electron chi connectivity index (χ1n) is 6.34. The van der Waals surface area contributed by atoms with Crippen LogP contribution in [0.5, 0.6) is 0 Å². The minimum Gasteiger partial charge on any atom is -0.481 e. The topological polar surface area (TPSA) is 83.6 Å². The Morgan fingerprint density at radius 2 is 2.21 bits per heavy atom. The highest BCUT2D eigenvalue weighted by atomic mass is 16.4. The zero-order chi connectivity index (χ0) is 14.0. The second-order valence-corrected chi connectivity index (χ2v) is 5.09. The first-order chi connectivity index (χ1) is 8.97. The lowest BCUT2D eigenvalue weighted by Gasteiger charge is -2.17. The molecule has 5 nitrogen and oxygen atoms in total. The van der Waals surface area contributed by atoms with Gasteiger partial charge < -0.3 is 15.7 Å². The van der Waals surface area contributed by atoms with Crippen molar-refractivity contribution in [2.75, 3.05) is 18.8 Å². The van der Waals surface area contributed by atoms with Crippen LogP contribution < -0.4 is 5.73 Å². The molecule has 3 N–H and O–H groups in total. The molecule has 1 aromatic rings. The Balaban J connectivity index is 2.09. The molecule has 0 spiro atoms. The Labute approximate surface area is 112 Å². The lowest BCUT2D eigenvalue weighted by molar-refractivity contribution is -0.138. The van der Waals surface area contributed by atoms with Gasteiger partial charge in [0.2, 0.25) is 0 Å². The van der Waals surface area contributed by atoms with Crippen molar-refractivity contribution in [3.8, 4) is 0 Å². The van der Waals surface area contributed by atoms with Crippen molar-refractivity contribution in [2.45, 2.75) is 19.8 Å². The lowest BCUT2D eigenvalue weighted by atomic mass is 10.1. The molecule has 1 unspecified atom stereocenters. The SMILES string of the molecule is Cc1ccc(N)c(C(=O)N2CCC(CC(=O)O)C2)c1. The van der Waals surface area contributed by atoms with Crippen molar-refractivity contribution in [1.82, 2.24) is 4.90 Å². The van der Waals surface area contributed by atoms with Crippen LogP contribution in [0, 0.1) is 12.8 Å². The van der Waals surface area contributed by atoms with Crippen molar-refractivity contribution in [3.63, 3.8) is 0 Å². The molecule has 102 valence electrons. The van der Waals surface area contributed by atoms with E-state index in [2.05, 4.69) is 0 Å². The van der Waals surface area contributed by atoms with Gasteiger partial charge in [-0.25, -0.2) is 0 Å². The molecule has 1 amide bonds. The summed E-state index contributed by atoms with van der Waals surface area (Å²) >= 11 is 0. The van der Waals surface area contributed by atoms with Gasteiger partial charge in [0, 0.05) is 25.2 Å². The Kier molecular flexibility index (Phi) is 3.74. The van der Waals surface area contributed by atoms with Crippen LogP contribution in [-0.2, 0) is 4.79 Å². The van der Waals surface area contributed by atoms with E-state index in [9.17, 15) is 9.59 Å². The number of nitrogens with zero attached hydrogens (tertiary/aromatic N) is 1. The zero-order valence-corrected chi connectivity index (χ0v) is 10.9. The molecule has 1 heterocycles. The maximum absolute atomic E-state index is 12.3. The third-order valence-electron chi connectivity index (χ3n) is 3.48. The summed E-state index contributed by atoms with van der Waals surface area (Å²) in [4.78, 5) is 24.7. The summed E-state index contributed by atoms with van der Waals surface area (Å²) in [5.41, 5.74) is 7.80. The lowest BCUT2D eigenvalue weighted by Crippen LogP contribution is -2.29. The molecule has 5 heteroatoms. The maximum Gasteiger partial charge on any atom is 0.303 e. The third kappa shape index (κ3) is 3.05. The van der Waals surface area contributed by atoms with E-state index in [0.29, 0.717) is 24.3 Å². The van der Waals surface area contributed by atoms with E-state index >= 15 is 0 Å². The molecule has 1 aliphatic rings. The fourth-order valence-electron chi connectivity index (χ4n) is 2.46. The average molecular weight is 262 g/mol. The van der Waals surface area contributed by atoms with Gasteiger partial charge in [-0.1, -0.05) is 11.6 Å². The number of rotatable bonds is 3. The van der Waals surface area contributed by atoms with E-state index in [4.69, 9.17) is 10.8 Å². The number of carboxylic acid groups (broad SMARTS) is 1. The Hall–Kier alpha value is -2.04. The summed E-state index contributed by atoms with van der Waals surface area (Å²) in [5.74, 6) is -0.865. The van der Waals surface area contributed by atoms with Gasteiger partial charge in [-0.05, 0) is 31.4 Å². The Morgan fingerprint density at radius 1 is 1.47 bits per heavy atom. The van der Waals surface area contributed by atoms with E-state index in [1.807, 2.05) is 13.0 Å². The van der Waals surface area contributed by atoms with Gasteiger partial charge in [-0.3, -0.25) is 9.59 Å². The van der Waals surface area contributed by atoms with Crippen LogP contribution >= 0.6 is 0 Å². The van der Waals surface area contributed by atoms with Gasteiger partial charge in [0.1, 0.15) is 0 Å². The molecule has 2 rings (SSSR count). The summed E-state index contributed by atoms with van der Waals surface area (Å²) in [6.07, 6.45) is 0.858. The van der Waals surface area contributed by atoms with Gasteiger partial charge in [0.15, 0.2) is 0 Å². The van der Waals surface area contributed by atoms with Crippen LogP contribution in [0.3, 0.4) is 0 Å². The van der Waals surface area contributed by atoms with Crippen LogP contribution in [0.4, 0.5) is 5.69 Å². The largest absolute Gasteiger partial charge is 0.481 e. The summed E-state index contributed by atoms with van der Waals surface area (Å²) in [6.45, 7) is 3.01. The van der Waals surface area contributed by atoms with Crippen molar-refractivity contribution < 1.29 is 14.7 Å². The number of carboxylic acids is 1. The van der Waals surface area contributed by atoms with Crippen LogP contribution in [-0.4, -0.2) is 35.0 Å². The number of carbonyl (C=O) groups excluding carboxylic acids is 1. The number of hydrogen-bond donors (Lipinski definition) is 2. The van der Waals surface area contributed by atoms with Crippen molar-refractivity contribution in [2.24, 2.45) is 5.92 Å². The van der Waals surface area contributed by atoms with Crippen LogP contribution in [0.15, 0.2) is 18.2 Å². The van der Waals surface area contributed by atoms with Gasteiger partial charge >= 0.3 is 5.97 Å². The number of aliphatic carboxylic acids is 1. The molecule has 0 aromatic heterocycles. The molecule has 0 radical (unpaired) electrons. The fraction of sp³-hybridized carbons (Fsp3) is 0.429. The second-order valence-electron chi connectivity index (χ2n) is 5.09. The quantitative estimate of drug-likeness (QED) is 0.809. The van der Waals surface area contributed by atoms with Gasteiger partial charge in [0.05, 0.1) is 5.56 Å². The summed E-state index contributed by atoms with van der Waals surface area (Å²) in [7, 11) is 0. The van der Waals surface area contributed by atoms with Crippen molar-refractivity contribution >= 4 is 17.6 Å². The first kappa shape index (κ1) is 13.4. The zero-order valence-electron chi connectivity index (χ0n) is 10.9. The minimum atomic E-state index is -0.811. The van der Waals surface area contributed by atoms with Crippen molar-refractivity contribution in [3.05, 3.63) is 29.3 Å².